The molecule has 28 heavy (non-hydrogen) atoms. The SMILES string of the molecule is Cc1oc(-c2cccs2)nc1CSc1nnc(-c2ccco2)n1CCC(N)=O. The Hall–Kier alpha value is -2.85. The number of carbonyl (C=O) groups excluding carboxylic acids is 1. The molecular formula is C18H17N5O3S2. The van der Waals surface area contributed by atoms with E-state index in [1.165, 1.54) is 11.8 Å². The molecule has 1 amide bonds. The van der Waals surface area contributed by atoms with Crippen LogP contribution in [0.25, 0.3) is 22.4 Å². The van der Waals surface area contributed by atoms with E-state index in [4.69, 9.17) is 14.6 Å². The van der Waals surface area contributed by atoms with Crippen LogP contribution in [0.15, 0.2) is 49.9 Å². The van der Waals surface area contributed by atoms with Gasteiger partial charge in [0.2, 0.25) is 11.8 Å². The molecular weight excluding hydrogens is 398 g/mol. The lowest BCUT2D eigenvalue weighted by molar-refractivity contribution is -0.118. The van der Waals surface area contributed by atoms with Gasteiger partial charge in [0.15, 0.2) is 16.7 Å². The molecule has 10 heteroatoms. The first kappa shape index (κ1) is 18.5. The fraction of sp³-hybridized carbons (Fsp3) is 0.222. The standard InChI is InChI=1S/C18H17N5O3S2/c1-11-12(20-17(26-11)14-5-3-9-27-14)10-28-18-22-21-16(13-4-2-8-25-13)23(18)7-6-15(19)24/h2-5,8-9H,6-7,10H2,1H3,(H2,19,24). The predicted octanol–water partition coefficient (Wildman–Crippen LogP) is 3.73. The normalized spacial score (nSPS) is 11.2. The maximum atomic E-state index is 11.3. The minimum absolute atomic E-state index is 0.185. The number of aromatic nitrogens is 4. The highest BCUT2D eigenvalue weighted by atomic mass is 32.2. The third-order valence-corrected chi connectivity index (χ3v) is 5.84. The van der Waals surface area contributed by atoms with Gasteiger partial charge in [-0.3, -0.25) is 9.36 Å². The molecule has 0 aliphatic carbocycles. The van der Waals surface area contributed by atoms with E-state index >= 15 is 0 Å². The minimum atomic E-state index is -0.386. The summed E-state index contributed by atoms with van der Waals surface area (Å²) in [7, 11) is 0. The molecule has 4 heterocycles. The second-order valence-corrected chi connectivity index (χ2v) is 7.83. The van der Waals surface area contributed by atoms with Crippen molar-refractivity contribution in [3.05, 3.63) is 47.4 Å². The molecule has 0 aliphatic rings. The van der Waals surface area contributed by atoms with Crippen molar-refractivity contribution >= 4 is 29.0 Å². The van der Waals surface area contributed by atoms with E-state index in [1.54, 1.807) is 29.7 Å². The zero-order valence-corrected chi connectivity index (χ0v) is 16.6. The lowest BCUT2D eigenvalue weighted by Gasteiger charge is -2.07. The summed E-state index contributed by atoms with van der Waals surface area (Å²) in [6.07, 6.45) is 1.75. The molecule has 0 bridgehead atoms. The number of carbonyl (C=O) groups is 1. The fourth-order valence-electron chi connectivity index (χ4n) is 2.61. The monoisotopic (exact) mass is 415 g/mol. The number of oxazole rings is 1. The van der Waals surface area contributed by atoms with Crippen molar-refractivity contribution in [2.24, 2.45) is 5.73 Å². The van der Waals surface area contributed by atoms with Gasteiger partial charge in [-0.15, -0.1) is 21.5 Å². The lowest BCUT2D eigenvalue weighted by atomic mass is 10.3. The first-order valence-electron chi connectivity index (χ1n) is 8.50. The third-order valence-electron chi connectivity index (χ3n) is 4.00. The van der Waals surface area contributed by atoms with Crippen LogP contribution >= 0.6 is 23.1 Å². The highest BCUT2D eigenvalue weighted by molar-refractivity contribution is 7.98. The van der Waals surface area contributed by atoms with Gasteiger partial charge in [0.25, 0.3) is 0 Å². The summed E-state index contributed by atoms with van der Waals surface area (Å²) in [4.78, 5) is 16.8. The number of primary amides is 1. The average Bonchev–Trinajstić information content (AvgIpc) is 3.44. The van der Waals surface area contributed by atoms with Gasteiger partial charge in [-0.2, -0.15) is 0 Å². The first-order chi connectivity index (χ1) is 13.6. The zero-order chi connectivity index (χ0) is 19.5. The molecule has 0 radical (unpaired) electrons. The van der Waals surface area contributed by atoms with Crippen molar-refractivity contribution in [1.82, 2.24) is 19.7 Å². The Labute approximate surface area is 168 Å². The average molecular weight is 416 g/mol. The van der Waals surface area contributed by atoms with E-state index in [1.807, 2.05) is 29.0 Å². The highest BCUT2D eigenvalue weighted by Gasteiger charge is 2.19. The molecule has 4 aromatic rings. The Kier molecular flexibility index (Phi) is 5.31. The van der Waals surface area contributed by atoms with Crippen LogP contribution in [0, 0.1) is 6.92 Å². The van der Waals surface area contributed by atoms with Crippen LogP contribution in [-0.4, -0.2) is 25.7 Å². The number of amides is 1. The van der Waals surface area contributed by atoms with Gasteiger partial charge in [0, 0.05) is 18.7 Å². The molecule has 0 unspecified atom stereocenters. The van der Waals surface area contributed by atoms with Gasteiger partial charge in [-0.25, -0.2) is 4.98 Å². The number of hydrogen-bond donors (Lipinski definition) is 1. The van der Waals surface area contributed by atoms with Gasteiger partial charge in [-0.1, -0.05) is 17.8 Å². The molecule has 0 aliphatic heterocycles. The number of hydrogen-bond acceptors (Lipinski definition) is 8. The summed E-state index contributed by atoms with van der Waals surface area (Å²) >= 11 is 3.05. The number of nitrogens with zero attached hydrogens (tertiary/aromatic N) is 4. The third kappa shape index (κ3) is 3.87. The maximum absolute atomic E-state index is 11.3. The van der Waals surface area contributed by atoms with Crippen LogP contribution < -0.4 is 5.73 Å². The van der Waals surface area contributed by atoms with Crippen molar-refractivity contribution in [3.63, 3.8) is 0 Å². The van der Waals surface area contributed by atoms with E-state index in [0.717, 1.165) is 16.3 Å². The molecule has 0 spiro atoms. The Bertz CT molecular complexity index is 1070. The summed E-state index contributed by atoms with van der Waals surface area (Å²) in [6.45, 7) is 2.27. The molecule has 2 N–H and O–H groups in total. The van der Waals surface area contributed by atoms with Crippen LogP contribution in [0.2, 0.25) is 0 Å². The zero-order valence-electron chi connectivity index (χ0n) is 15.0. The summed E-state index contributed by atoms with van der Waals surface area (Å²) < 4.78 is 13.1. The van der Waals surface area contributed by atoms with Gasteiger partial charge in [0.1, 0.15) is 5.76 Å². The van der Waals surface area contributed by atoms with E-state index in [2.05, 4.69) is 15.2 Å². The largest absolute Gasteiger partial charge is 0.461 e. The Balaban J connectivity index is 1.55. The molecule has 0 atom stereocenters. The fourth-order valence-corrected chi connectivity index (χ4v) is 4.22. The molecule has 0 aromatic carbocycles. The van der Waals surface area contributed by atoms with E-state index in [-0.39, 0.29) is 12.3 Å². The smallest absolute Gasteiger partial charge is 0.236 e. The van der Waals surface area contributed by atoms with E-state index in [9.17, 15) is 4.79 Å². The number of nitrogens with two attached hydrogens (primary N) is 1. The van der Waals surface area contributed by atoms with Crippen LogP contribution in [-0.2, 0) is 17.1 Å². The maximum Gasteiger partial charge on any atom is 0.236 e. The van der Waals surface area contributed by atoms with Crippen molar-refractivity contribution in [1.29, 1.82) is 0 Å². The number of aryl methyl sites for hydroxylation is 1. The number of thioether (sulfide) groups is 1. The Morgan fingerprint density at radius 3 is 2.93 bits per heavy atom. The summed E-state index contributed by atoms with van der Waals surface area (Å²) in [5, 5.41) is 11.1. The molecule has 4 aromatic heterocycles. The molecule has 144 valence electrons. The van der Waals surface area contributed by atoms with Crippen LogP contribution in [0.3, 0.4) is 0 Å². The summed E-state index contributed by atoms with van der Waals surface area (Å²) in [5.74, 6) is 2.71. The highest BCUT2D eigenvalue weighted by Crippen LogP contribution is 2.30. The van der Waals surface area contributed by atoms with Crippen molar-refractivity contribution < 1.29 is 13.6 Å². The van der Waals surface area contributed by atoms with Crippen LogP contribution in [0.4, 0.5) is 0 Å². The summed E-state index contributed by atoms with van der Waals surface area (Å²) in [5.41, 5.74) is 6.16. The minimum Gasteiger partial charge on any atom is -0.461 e. The van der Waals surface area contributed by atoms with Gasteiger partial charge in [0.05, 0.1) is 16.8 Å². The summed E-state index contributed by atoms with van der Waals surface area (Å²) in [6, 6.07) is 7.52. The van der Waals surface area contributed by atoms with Crippen molar-refractivity contribution in [2.45, 2.75) is 30.8 Å². The quantitative estimate of drug-likeness (QED) is 0.436. The second-order valence-electron chi connectivity index (χ2n) is 5.94. The van der Waals surface area contributed by atoms with Crippen LogP contribution in [0.1, 0.15) is 17.9 Å². The molecule has 4 rings (SSSR count). The van der Waals surface area contributed by atoms with Gasteiger partial charge < -0.3 is 14.6 Å². The number of furan rings is 1. The van der Waals surface area contributed by atoms with E-state index in [0.29, 0.717) is 34.9 Å². The predicted molar refractivity (Wildman–Crippen MR) is 106 cm³/mol. The first-order valence-corrected chi connectivity index (χ1v) is 10.4. The van der Waals surface area contributed by atoms with Crippen molar-refractivity contribution in [3.8, 4) is 22.4 Å². The molecule has 0 saturated carbocycles. The Morgan fingerprint density at radius 2 is 2.21 bits per heavy atom. The second kappa shape index (κ2) is 8.03. The van der Waals surface area contributed by atoms with Crippen LogP contribution in [0.5, 0.6) is 0 Å². The molecule has 8 nitrogen and oxygen atoms in total. The van der Waals surface area contributed by atoms with Crippen molar-refractivity contribution in [2.75, 3.05) is 0 Å². The van der Waals surface area contributed by atoms with Gasteiger partial charge >= 0.3 is 0 Å². The Morgan fingerprint density at radius 1 is 1.32 bits per heavy atom. The van der Waals surface area contributed by atoms with Gasteiger partial charge in [-0.05, 0) is 30.5 Å². The lowest BCUT2D eigenvalue weighted by Crippen LogP contribution is -2.15. The van der Waals surface area contributed by atoms with E-state index < -0.39 is 0 Å². The molecule has 0 fully saturated rings. The number of thiophene rings is 1. The number of rotatable bonds is 8. The molecule has 0 saturated heterocycles. The topological polar surface area (TPSA) is 113 Å².